The molecular weight excluding hydrogens is 538 g/mol. The van der Waals surface area contributed by atoms with Crippen molar-refractivity contribution in [1.29, 1.82) is 0 Å². The molecule has 2 heterocycles. The Bertz CT molecular complexity index is 1180. The Morgan fingerprint density at radius 3 is 2.49 bits per heavy atom. The monoisotopic (exact) mass is 583 g/mol. The van der Waals surface area contributed by atoms with Crippen LogP contribution in [0, 0.1) is 18.8 Å². The van der Waals surface area contributed by atoms with E-state index in [2.05, 4.69) is 25.8 Å². The third-order valence-corrected chi connectivity index (χ3v) is 8.87. The lowest BCUT2D eigenvalue weighted by Crippen LogP contribution is -2.60. The standard InChI is InChI=1S/C31H45N5O4S/c1-20-33-25(19-41-20)29(39)32-16-28(38)34-24(14-21-10-6-5-7-11-21)27(37)18-36-17-23-13-9-8-12-22(23)15-26(36)30(40)35-31(2,3)4/h5-7,10-11,19,22-24,26-27,37H,8-9,12-18H2,1-4H3,(H,32,39)(H,34,38)(H,35,40). The van der Waals surface area contributed by atoms with Gasteiger partial charge in [0.1, 0.15) is 5.69 Å². The molecule has 5 unspecified atom stereocenters. The van der Waals surface area contributed by atoms with Gasteiger partial charge in [-0.05, 0) is 64.4 Å². The Hall–Kier alpha value is -2.82. The molecule has 2 aromatic rings. The van der Waals surface area contributed by atoms with Crippen molar-refractivity contribution in [2.24, 2.45) is 11.8 Å². The van der Waals surface area contributed by atoms with Crippen LogP contribution < -0.4 is 16.0 Å². The van der Waals surface area contributed by atoms with Gasteiger partial charge >= 0.3 is 0 Å². The molecule has 3 amide bonds. The van der Waals surface area contributed by atoms with E-state index in [4.69, 9.17) is 0 Å². The molecule has 0 radical (unpaired) electrons. The number of amides is 3. The molecule has 0 bridgehead atoms. The minimum Gasteiger partial charge on any atom is -0.390 e. The Balaban J connectivity index is 1.46. The smallest absolute Gasteiger partial charge is 0.271 e. The van der Waals surface area contributed by atoms with Crippen LogP contribution in [0.15, 0.2) is 35.7 Å². The van der Waals surface area contributed by atoms with Crippen molar-refractivity contribution < 1.29 is 19.5 Å². The van der Waals surface area contributed by atoms with Crippen molar-refractivity contribution in [1.82, 2.24) is 25.8 Å². The van der Waals surface area contributed by atoms with E-state index in [0.29, 0.717) is 18.3 Å². The summed E-state index contributed by atoms with van der Waals surface area (Å²) in [6, 6.07) is 8.79. The molecule has 1 saturated heterocycles. The summed E-state index contributed by atoms with van der Waals surface area (Å²) in [6.45, 7) is 8.57. The lowest BCUT2D eigenvalue weighted by atomic mass is 9.72. The normalized spacial score (nSPS) is 22.7. The Morgan fingerprint density at radius 1 is 1.12 bits per heavy atom. The fourth-order valence-electron chi connectivity index (χ4n) is 6.12. The highest BCUT2D eigenvalue weighted by atomic mass is 32.1. The lowest BCUT2D eigenvalue weighted by Gasteiger charge is -2.47. The highest BCUT2D eigenvalue weighted by Crippen LogP contribution is 2.39. The Labute approximate surface area is 247 Å². The topological polar surface area (TPSA) is 124 Å². The molecule has 9 nitrogen and oxygen atoms in total. The third kappa shape index (κ3) is 9.08. The average Bonchev–Trinajstić information content (AvgIpc) is 3.37. The van der Waals surface area contributed by atoms with Crippen molar-refractivity contribution in [3.05, 3.63) is 52.0 Å². The first-order chi connectivity index (χ1) is 19.5. The van der Waals surface area contributed by atoms with Gasteiger partial charge in [0.2, 0.25) is 11.8 Å². The molecule has 2 fully saturated rings. The number of aliphatic hydroxyl groups is 1. The number of likely N-dealkylation sites (tertiary alicyclic amines) is 1. The molecule has 224 valence electrons. The number of aliphatic hydroxyl groups excluding tert-OH is 1. The number of nitrogens with one attached hydrogen (secondary N) is 3. The highest BCUT2D eigenvalue weighted by Gasteiger charge is 2.41. The molecule has 1 aliphatic carbocycles. The number of aromatic nitrogens is 1. The predicted octanol–water partition coefficient (Wildman–Crippen LogP) is 3.07. The Morgan fingerprint density at radius 2 is 1.83 bits per heavy atom. The number of β-amino-alcohol motifs (C(OH)–C–C–N with tert-alkyl or cyclic N) is 1. The zero-order chi connectivity index (χ0) is 29.6. The molecule has 1 aromatic heterocycles. The molecule has 1 aliphatic heterocycles. The third-order valence-electron chi connectivity index (χ3n) is 8.10. The molecule has 5 atom stereocenters. The molecule has 10 heteroatoms. The van der Waals surface area contributed by atoms with Gasteiger partial charge in [0.25, 0.3) is 5.91 Å². The second-order valence-electron chi connectivity index (χ2n) is 12.6. The van der Waals surface area contributed by atoms with E-state index < -0.39 is 24.0 Å². The maximum Gasteiger partial charge on any atom is 0.271 e. The molecule has 4 N–H and O–H groups in total. The van der Waals surface area contributed by atoms with Gasteiger partial charge in [-0.1, -0.05) is 49.6 Å². The second-order valence-corrected chi connectivity index (χ2v) is 13.7. The number of fused-ring (bicyclic) bond motifs is 1. The fraction of sp³-hybridized carbons (Fsp3) is 0.613. The van der Waals surface area contributed by atoms with Gasteiger partial charge in [0, 0.05) is 24.0 Å². The van der Waals surface area contributed by atoms with Crippen LogP contribution in [-0.4, -0.2) is 76.1 Å². The van der Waals surface area contributed by atoms with Crippen LogP contribution in [0.3, 0.4) is 0 Å². The highest BCUT2D eigenvalue weighted by molar-refractivity contribution is 7.09. The van der Waals surface area contributed by atoms with Crippen LogP contribution in [-0.2, 0) is 16.0 Å². The summed E-state index contributed by atoms with van der Waals surface area (Å²) in [5, 5.41) is 22.7. The van der Waals surface area contributed by atoms with E-state index in [0.717, 1.165) is 36.4 Å². The quantitative estimate of drug-likeness (QED) is 0.341. The van der Waals surface area contributed by atoms with Gasteiger partial charge in [-0.3, -0.25) is 19.3 Å². The van der Waals surface area contributed by atoms with Gasteiger partial charge in [0.05, 0.1) is 29.7 Å². The van der Waals surface area contributed by atoms with Crippen LogP contribution >= 0.6 is 11.3 Å². The number of piperidine rings is 1. The Kier molecular flexibility index (Phi) is 10.5. The van der Waals surface area contributed by atoms with Crippen molar-refractivity contribution in [3.63, 3.8) is 0 Å². The number of benzene rings is 1. The first kappa shape index (κ1) is 31.1. The van der Waals surface area contributed by atoms with E-state index in [1.807, 2.05) is 58.0 Å². The molecule has 1 aromatic carbocycles. The number of carbonyl (C=O) groups excluding carboxylic acids is 3. The molecular formula is C31H45N5O4S. The van der Waals surface area contributed by atoms with Crippen LogP contribution in [0.25, 0.3) is 0 Å². The van der Waals surface area contributed by atoms with Crippen molar-refractivity contribution in [2.45, 2.75) is 89.9 Å². The maximum absolute atomic E-state index is 13.4. The maximum atomic E-state index is 13.4. The average molecular weight is 584 g/mol. The minimum atomic E-state index is -0.916. The van der Waals surface area contributed by atoms with E-state index in [1.54, 1.807) is 5.38 Å². The number of hydrogen-bond donors (Lipinski definition) is 4. The molecule has 2 aliphatic rings. The van der Waals surface area contributed by atoms with Crippen molar-refractivity contribution in [2.75, 3.05) is 19.6 Å². The predicted molar refractivity (Wildman–Crippen MR) is 161 cm³/mol. The van der Waals surface area contributed by atoms with Crippen LogP contribution in [0.1, 0.15) is 73.9 Å². The van der Waals surface area contributed by atoms with Crippen LogP contribution in [0.2, 0.25) is 0 Å². The van der Waals surface area contributed by atoms with E-state index in [9.17, 15) is 19.5 Å². The van der Waals surface area contributed by atoms with Gasteiger partial charge in [-0.15, -0.1) is 11.3 Å². The molecule has 1 saturated carbocycles. The van der Waals surface area contributed by atoms with Crippen LogP contribution in [0.4, 0.5) is 0 Å². The van der Waals surface area contributed by atoms with Gasteiger partial charge in [-0.25, -0.2) is 4.98 Å². The summed E-state index contributed by atoms with van der Waals surface area (Å²) in [7, 11) is 0. The first-order valence-corrected chi connectivity index (χ1v) is 15.6. The molecule has 41 heavy (non-hydrogen) atoms. The SMILES string of the molecule is Cc1nc(C(=O)NCC(=O)NC(Cc2ccccc2)C(O)CN2CC3CCCCC3CC2C(=O)NC(C)(C)C)cs1. The lowest BCUT2D eigenvalue weighted by molar-refractivity contribution is -0.133. The summed E-state index contributed by atoms with van der Waals surface area (Å²) < 4.78 is 0. The van der Waals surface area contributed by atoms with Crippen LogP contribution in [0.5, 0.6) is 0 Å². The van der Waals surface area contributed by atoms with Crippen molar-refractivity contribution in [3.8, 4) is 0 Å². The van der Waals surface area contributed by atoms with Gasteiger partial charge in [-0.2, -0.15) is 0 Å². The van der Waals surface area contributed by atoms with E-state index in [-0.39, 0.29) is 36.3 Å². The first-order valence-electron chi connectivity index (χ1n) is 14.8. The van der Waals surface area contributed by atoms with E-state index >= 15 is 0 Å². The zero-order valence-corrected chi connectivity index (χ0v) is 25.5. The number of thiazole rings is 1. The second kappa shape index (κ2) is 13.9. The summed E-state index contributed by atoms with van der Waals surface area (Å²) in [5.74, 6) is 0.238. The summed E-state index contributed by atoms with van der Waals surface area (Å²) in [6.07, 6.45) is 5.01. The molecule has 4 rings (SSSR count). The van der Waals surface area contributed by atoms with E-state index in [1.165, 1.54) is 24.2 Å². The van der Waals surface area contributed by atoms with Crippen molar-refractivity contribution >= 4 is 29.1 Å². The minimum absolute atomic E-state index is 0.00245. The fourth-order valence-corrected chi connectivity index (χ4v) is 6.72. The number of carbonyl (C=O) groups is 3. The zero-order valence-electron chi connectivity index (χ0n) is 24.7. The number of rotatable bonds is 10. The van der Waals surface area contributed by atoms with Gasteiger partial charge < -0.3 is 21.1 Å². The number of hydrogen-bond acceptors (Lipinski definition) is 7. The largest absolute Gasteiger partial charge is 0.390 e. The number of aryl methyl sites for hydroxylation is 1. The number of nitrogens with zero attached hydrogens (tertiary/aromatic N) is 2. The summed E-state index contributed by atoms with van der Waals surface area (Å²) >= 11 is 1.37. The molecule has 0 spiro atoms. The summed E-state index contributed by atoms with van der Waals surface area (Å²) in [5.41, 5.74) is 0.912. The summed E-state index contributed by atoms with van der Waals surface area (Å²) in [4.78, 5) is 45.1. The van der Waals surface area contributed by atoms with Gasteiger partial charge in [0.15, 0.2) is 0 Å².